The second-order valence-corrected chi connectivity index (χ2v) is 11.4. The Bertz CT molecular complexity index is 1490. The molecule has 1 saturated carbocycles. The highest BCUT2D eigenvalue weighted by Crippen LogP contribution is 2.42. The minimum atomic E-state index is -0.0732. The van der Waals surface area contributed by atoms with Crippen LogP contribution in [0.15, 0.2) is 84.6 Å². The number of hydrogen-bond acceptors (Lipinski definition) is 3. The maximum absolute atomic E-state index is 6.65. The topological polar surface area (TPSA) is 56.2 Å². The van der Waals surface area contributed by atoms with Gasteiger partial charge in [-0.3, -0.25) is 0 Å². The van der Waals surface area contributed by atoms with Gasteiger partial charge in [0.15, 0.2) is 5.65 Å². The van der Waals surface area contributed by atoms with Gasteiger partial charge in [0.1, 0.15) is 0 Å². The van der Waals surface area contributed by atoms with E-state index in [4.69, 9.17) is 15.8 Å². The van der Waals surface area contributed by atoms with Gasteiger partial charge in [-0.15, -0.1) is 0 Å². The molecule has 0 radical (unpaired) electrons. The summed E-state index contributed by atoms with van der Waals surface area (Å²) in [6, 6.07) is 21.4. The average molecular weight is 503 g/mol. The number of hydrogen-bond donors (Lipinski definition) is 1. The number of rotatable bonds is 8. The Labute approximate surface area is 226 Å². The van der Waals surface area contributed by atoms with Crippen LogP contribution in [0, 0.1) is 12.8 Å². The molecule has 1 fully saturated rings. The fourth-order valence-electron chi connectivity index (χ4n) is 6.07. The molecule has 2 heterocycles. The van der Waals surface area contributed by atoms with Crippen LogP contribution >= 0.6 is 0 Å². The van der Waals surface area contributed by atoms with Gasteiger partial charge in [-0.25, -0.2) is 9.50 Å². The highest BCUT2D eigenvalue weighted by atomic mass is 15.3. The van der Waals surface area contributed by atoms with Gasteiger partial charge in [-0.1, -0.05) is 85.3 Å². The summed E-state index contributed by atoms with van der Waals surface area (Å²) in [5.41, 5.74) is 17.4. The molecular formula is C34H38N4. The van der Waals surface area contributed by atoms with Crippen molar-refractivity contribution in [1.82, 2.24) is 14.6 Å². The Kier molecular flexibility index (Phi) is 6.75. The highest BCUT2D eigenvalue weighted by molar-refractivity contribution is 5.81. The van der Waals surface area contributed by atoms with E-state index in [0.717, 1.165) is 67.5 Å². The van der Waals surface area contributed by atoms with Gasteiger partial charge in [0, 0.05) is 22.9 Å². The van der Waals surface area contributed by atoms with E-state index in [0.29, 0.717) is 5.92 Å². The van der Waals surface area contributed by atoms with Crippen molar-refractivity contribution in [2.45, 2.75) is 70.8 Å². The summed E-state index contributed by atoms with van der Waals surface area (Å²) >= 11 is 0. The molecule has 38 heavy (non-hydrogen) atoms. The fourth-order valence-corrected chi connectivity index (χ4v) is 6.07. The van der Waals surface area contributed by atoms with Crippen LogP contribution in [0.4, 0.5) is 0 Å². The van der Waals surface area contributed by atoms with E-state index in [1.807, 2.05) is 4.52 Å². The fraction of sp³-hybridized carbons (Fsp3) is 0.353. The third-order valence-electron chi connectivity index (χ3n) is 8.66. The average Bonchev–Trinajstić information content (AvgIpc) is 3.25. The molecule has 0 aliphatic heterocycles. The van der Waals surface area contributed by atoms with Crippen LogP contribution in [0.25, 0.3) is 22.3 Å². The lowest BCUT2D eigenvalue weighted by atomic mass is 9.69. The molecule has 4 aromatic rings. The maximum atomic E-state index is 6.65. The predicted molar refractivity (Wildman–Crippen MR) is 157 cm³/mol. The smallest absolute Gasteiger partial charge is 0.158 e. The lowest BCUT2D eigenvalue weighted by Gasteiger charge is -2.41. The first-order valence-electron chi connectivity index (χ1n) is 14.2. The molecule has 2 N–H and O–H groups in total. The van der Waals surface area contributed by atoms with Gasteiger partial charge < -0.3 is 5.73 Å². The van der Waals surface area contributed by atoms with Crippen molar-refractivity contribution in [3.8, 4) is 11.1 Å². The monoisotopic (exact) mass is 502 g/mol. The first-order valence-corrected chi connectivity index (χ1v) is 14.2. The van der Waals surface area contributed by atoms with Crippen molar-refractivity contribution in [3.63, 3.8) is 0 Å². The van der Waals surface area contributed by atoms with Crippen LogP contribution in [0.5, 0.6) is 0 Å². The summed E-state index contributed by atoms with van der Waals surface area (Å²) in [4.78, 5) is 5.28. The van der Waals surface area contributed by atoms with Crippen LogP contribution in [0.3, 0.4) is 0 Å². The molecule has 2 aliphatic rings. The molecule has 0 amide bonds. The van der Waals surface area contributed by atoms with Gasteiger partial charge in [-0.2, -0.15) is 5.10 Å². The van der Waals surface area contributed by atoms with E-state index in [2.05, 4.69) is 92.9 Å². The number of nitrogens with zero attached hydrogens (tertiary/aromatic N) is 3. The Balaban J connectivity index is 1.32. The number of nitrogens with two attached hydrogens (primary N) is 1. The second-order valence-electron chi connectivity index (χ2n) is 11.4. The molecule has 4 heteroatoms. The molecule has 194 valence electrons. The summed E-state index contributed by atoms with van der Waals surface area (Å²) in [6.07, 6.45) is 15.4. The minimum absolute atomic E-state index is 0.0732. The lowest BCUT2D eigenvalue weighted by Crippen LogP contribution is -2.48. The molecule has 1 atom stereocenters. The number of aromatic nitrogens is 3. The standard InChI is InChI=1S/C34H38N4/c1-24(22-26-10-5-3-6-11-26)14-19-31-25(2)33-36-32(28-15-17-29(18-16-28)34(35)20-9-21-34)30(23-38(33)37-31)27-12-7-4-8-13-27/h3-8,10-13,15,17,23-24H,9,14,16,18-22,35H2,1-2H3. The number of aryl methyl sites for hydroxylation is 2. The van der Waals surface area contributed by atoms with Crippen molar-refractivity contribution < 1.29 is 0 Å². The summed E-state index contributed by atoms with van der Waals surface area (Å²) in [5.74, 6) is 0.597. The van der Waals surface area contributed by atoms with Crippen LogP contribution < -0.4 is 5.73 Å². The third-order valence-corrected chi connectivity index (χ3v) is 8.66. The first kappa shape index (κ1) is 24.8. The van der Waals surface area contributed by atoms with E-state index in [1.165, 1.54) is 34.3 Å². The Morgan fingerprint density at radius 1 is 0.974 bits per heavy atom. The van der Waals surface area contributed by atoms with Gasteiger partial charge in [0.05, 0.1) is 11.4 Å². The van der Waals surface area contributed by atoms with E-state index in [1.54, 1.807) is 0 Å². The van der Waals surface area contributed by atoms with Crippen molar-refractivity contribution >= 4 is 11.2 Å². The molecule has 4 nitrogen and oxygen atoms in total. The molecule has 2 aromatic carbocycles. The zero-order valence-corrected chi connectivity index (χ0v) is 22.7. The maximum Gasteiger partial charge on any atom is 0.158 e. The molecule has 2 aromatic heterocycles. The van der Waals surface area contributed by atoms with E-state index >= 15 is 0 Å². The SMILES string of the molecule is Cc1c(CCC(C)Cc2ccccc2)nn2cc(-c3ccccc3)c(C3=CC=C(C4(N)CCC4)CC3)nc12. The highest BCUT2D eigenvalue weighted by Gasteiger charge is 2.36. The first-order chi connectivity index (χ1) is 18.5. The lowest BCUT2D eigenvalue weighted by molar-refractivity contribution is 0.291. The normalized spacial score (nSPS) is 17.6. The van der Waals surface area contributed by atoms with E-state index in [9.17, 15) is 0 Å². The summed E-state index contributed by atoms with van der Waals surface area (Å²) in [5, 5.41) is 5.03. The number of fused-ring (bicyclic) bond motifs is 1. The number of allylic oxidation sites excluding steroid dienone is 3. The van der Waals surface area contributed by atoms with Crippen molar-refractivity contribution in [2.24, 2.45) is 11.7 Å². The zero-order valence-electron chi connectivity index (χ0n) is 22.7. The Hall–Kier alpha value is -3.50. The van der Waals surface area contributed by atoms with E-state index in [-0.39, 0.29) is 5.54 Å². The molecule has 6 rings (SSSR count). The predicted octanol–water partition coefficient (Wildman–Crippen LogP) is 7.50. The van der Waals surface area contributed by atoms with Crippen LogP contribution in [0.1, 0.15) is 68.0 Å². The van der Waals surface area contributed by atoms with E-state index < -0.39 is 0 Å². The quantitative estimate of drug-likeness (QED) is 0.271. The molecule has 0 spiro atoms. The van der Waals surface area contributed by atoms with Gasteiger partial charge >= 0.3 is 0 Å². The minimum Gasteiger partial charge on any atom is -0.322 e. The Morgan fingerprint density at radius 2 is 1.71 bits per heavy atom. The van der Waals surface area contributed by atoms with Crippen LogP contribution in [-0.4, -0.2) is 20.1 Å². The third kappa shape index (κ3) is 4.86. The molecule has 0 bridgehead atoms. The van der Waals surface area contributed by atoms with Crippen molar-refractivity contribution in [1.29, 1.82) is 0 Å². The van der Waals surface area contributed by atoms with Gasteiger partial charge in [0.2, 0.25) is 0 Å². The van der Waals surface area contributed by atoms with Gasteiger partial charge in [0.25, 0.3) is 0 Å². The summed E-state index contributed by atoms with van der Waals surface area (Å²) < 4.78 is 2.01. The second kappa shape index (κ2) is 10.3. The van der Waals surface area contributed by atoms with Crippen molar-refractivity contribution in [3.05, 3.63) is 107 Å². The summed E-state index contributed by atoms with van der Waals surface area (Å²) in [6.45, 7) is 4.52. The van der Waals surface area contributed by atoms with Crippen molar-refractivity contribution in [2.75, 3.05) is 0 Å². The van der Waals surface area contributed by atoms with Gasteiger partial charge in [-0.05, 0) is 80.9 Å². The number of benzene rings is 2. The molecular weight excluding hydrogens is 464 g/mol. The van der Waals surface area contributed by atoms with Crippen LogP contribution in [-0.2, 0) is 12.8 Å². The molecule has 0 saturated heterocycles. The molecule has 1 unspecified atom stereocenters. The Morgan fingerprint density at radius 3 is 2.37 bits per heavy atom. The molecule has 2 aliphatic carbocycles. The zero-order chi connectivity index (χ0) is 26.1. The summed E-state index contributed by atoms with van der Waals surface area (Å²) in [7, 11) is 0. The van der Waals surface area contributed by atoms with Crippen LogP contribution in [0.2, 0.25) is 0 Å². The largest absolute Gasteiger partial charge is 0.322 e.